The van der Waals surface area contributed by atoms with Gasteiger partial charge in [-0.3, -0.25) is 9.59 Å². The lowest BCUT2D eigenvalue weighted by molar-refractivity contribution is -0.143. The molecule has 1 atom stereocenters. The molecule has 3 aromatic carbocycles. The molecule has 0 bridgehead atoms. The fraction of sp³-hybridized carbons (Fsp3) is 0.355. The van der Waals surface area contributed by atoms with Gasteiger partial charge in [-0.25, -0.2) is 0 Å². The molecular formula is C31H35BrCl2N2O3. The molecule has 1 N–H and O–H groups in total. The Morgan fingerprint density at radius 3 is 2.18 bits per heavy atom. The fourth-order valence-corrected chi connectivity index (χ4v) is 5.10. The number of halogens is 3. The van der Waals surface area contributed by atoms with E-state index in [1.807, 2.05) is 69.3 Å². The van der Waals surface area contributed by atoms with E-state index in [-0.39, 0.29) is 25.0 Å². The number of ether oxygens (including phenoxy) is 1. The predicted octanol–water partition coefficient (Wildman–Crippen LogP) is 7.81. The van der Waals surface area contributed by atoms with Gasteiger partial charge in [0.05, 0.1) is 4.47 Å². The Labute approximate surface area is 250 Å². The number of rotatable bonds is 10. The van der Waals surface area contributed by atoms with E-state index in [0.29, 0.717) is 33.7 Å². The lowest BCUT2D eigenvalue weighted by atomic mass is 10.0. The van der Waals surface area contributed by atoms with Gasteiger partial charge in [-0.2, -0.15) is 0 Å². The summed E-state index contributed by atoms with van der Waals surface area (Å²) >= 11 is 16.6. The van der Waals surface area contributed by atoms with Crippen LogP contribution in [0.1, 0.15) is 57.2 Å². The Morgan fingerprint density at radius 1 is 0.974 bits per heavy atom. The first-order valence-corrected chi connectivity index (χ1v) is 14.4. The first-order chi connectivity index (χ1) is 18.4. The van der Waals surface area contributed by atoms with E-state index in [9.17, 15) is 9.59 Å². The maximum absolute atomic E-state index is 13.9. The molecular weight excluding hydrogens is 599 g/mol. The molecule has 0 heterocycles. The van der Waals surface area contributed by atoms with Gasteiger partial charge in [0, 0.05) is 34.1 Å². The minimum absolute atomic E-state index is 0.0449. The van der Waals surface area contributed by atoms with Crippen molar-refractivity contribution in [3.8, 4) is 5.75 Å². The number of carbonyl (C=O) groups excluding carboxylic acids is 2. The third kappa shape index (κ3) is 8.99. The van der Waals surface area contributed by atoms with Gasteiger partial charge >= 0.3 is 0 Å². The summed E-state index contributed by atoms with van der Waals surface area (Å²) in [7, 11) is 0. The van der Waals surface area contributed by atoms with Crippen molar-refractivity contribution in [3.63, 3.8) is 0 Å². The second kappa shape index (κ2) is 13.7. The molecule has 0 aliphatic heterocycles. The summed E-state index contributed by atoms with van der Waals surface area (Å²) in [6.45, 7) is 9.71. The van der Waals surface area contributed by atoms with Crippen LogP contribution in [0.4, 0.5) is 0 Å². The number of amides is 2. The lowest BCUT2D eigenvalue weighted by Gasteiger charge is -2.34. The van der Waals surface area contributed by atoms with Crippen LogP contribution in [0.5, 0.6) is 5.75 Å². The predicted molar refractivity (Wildman–Crippen MR) is 163 cm³/mol. The maximum Gasteiger partial charge on any atom is 0.261 e. The molecule has 0 saturated carbocycles. The van der Waals surface area contributed by atoms with Gasteiger partial charge < -0.3 is 15.0 Å². The maximum atomic E-state index is 13.9. The monoisotopic (exact) mass is 632 g/mol. The van der Waals surface area contributed by atoms with E-state index in [2.05, 4.69) is 35.1 Å². The van der Waals surface area contributed by atoms with E-state index in [4.69, 9.17) is 27.9 Å². The SMILES string of the molecule is CC(C)c1ccc(OCC(=O)N(Cc2c(Cl)cccc2Cl)[C@H](Cc2ccccc2)C(=O)NC(C)(C)C)c(Br)c1. The third-order valence-electron chi connectivity index (χ3n) is 6.13. The molecule has 5 nitrogen and oxygen atoms in total. The Hall–Kier alpha value is -2.54. The molecule has 8 heteroatoms. The summed E-state index contributed by atoms with van der Waals surface area (Å²) in [5, 5.41) is 3.88. The summed E-state index contributed by atoms with van der Waals surface area (Å²) < 4.78 is 6.72. The minimum Gasteiger partial charge on any atom is -0.483 e. The second-order valence-corrected chi connectivity index (χ2v) is 12.5. The number of hydrogen-bond donors (Lipinski definition) is 1. The molecule has 0 spiro atoms. The molecule has 2 amide bonds. The second-order valence-electron chi connectivity index (χ2n) is 10.8. The van der Waals surface area contributed by atoms with E-state index >= 15 is 0 Å². The zero-order chi connectivity index (χ0) is 28.7. The average molecular weight is 634 g/mol. The van der Waals surface area contributed by atoms with E-state index in [0.717, 1.165) is 15.6 Å². The largest absolute Gasteiger partial charge is 0.483 e. The van der Waals surface area contributed by atoms with Crippen LogP contribution < -0.4 is 10.1 Å². The number of nitrogens with one attached hydrogen (secondary N) is 1. The lowest BCUT2D eigenvalue weighted by Crippen LogP contribution is -2.55. The number of carbonyl (C=O) groups is 2. The van der Waals surface area contributed by atoms with Crippen molar-refractivity contribution < 1.29 is 14.3 Å². The molecule has 0 saturated heterocycles. The van der Waals surface area contributed by atoms with Crippen LogP contribution in [0.15, 0.2) is 71.2 Å². The van der Waals surface area contributed by atoms with Crippen molar-refractivity contribution in [2.45, 2.75) is 65.1 Å². The van der Waals surface area contributed by atoms with Crippen LogP contribution in [0, 0.1) is 0 Å². The summed E-state index contributed by atoms with van der Waals surface area (Å²) in [6.07, 6.45) is 0.309. The molecule has 208 valence electrons. The Morgan fingerprint density at radius 2 is 1.62 bits per heavy atom. The standard InChI is InChI=1S/C31H35BrCl2N2O3/c1-20(2)22-14-15-28(24(32)17-22)39-19-29(37)36(18-23-25(33)12-9-13-26(23)34)27(30(38)35-31(3,4)5)16-21-10-7-6-8-11-21/h6-15,17,20,27H,16,18-19H2,1-5H3,(H,35,38)/t27-/m1/s1. The topological polar surface area (TPSA) is 58.6 Å². The van der Waals surface area contributed by atoms with Crippen molar-refractivity contribution in [2.24, 2.45) is 0 Å². The minimum atomic E-state index is -0.832. The smallest absolute Gasteiger partial charge is 0.261 e. The third-order valence-corrected chi connectivity index (χ3v) is 7.46. The molecule has 39 heavy (non-hydrogen) atoms. The summed E-state index contributed by atoms with van der Waals surface area (Å²) in [4.78, 5) is 29.0. The number of nitrogens with zero attached hydrogens (tertiary/aromatic N) is 1. The highest BCUT2D eigenvalue weighted by Crippen LogP contribution is 2.30. The van der Waals surface area contributed by atoms with E-state index in [1.54, 1.807) is 18.2 Å². The molecule has 0 aliphatic carbocycles. The van der Waals surface area contributed by atoms with Gasteiger partial charge in [-0.05, 0) is 78.0 Å². The van der Waals surface area contributed by atoms with Crippen molar-refractivity contribution in [1.82, 2.24) is 10.2 Å². The molecule has 0 aliphatic rings. The molecule has 3 aromatic rings. The van der Waals surface area contributed by atoms with Gasteiger partial charge in [0.25, 0.3) is 5.91 Å². The highest BCUT2D eigenvalue weighted by molar-refractivity contribution is 9.10. The van der Waals surface area contributed by atoms with E-state index < -0.39 is 11.6 Å². The van der Waals surface area contributed by atoms with Crippen molar-refractivity contribution >= 4 is 50.9 Å². The fourth-order valence-electron chi connectivity index (χ4n) is 4.08. The van der Waals surface area contributed by atoms with Crippen LogP contribution in [0.2, 0.25) is 10.0 Å². The summed E-state index contributed by atoms with van der Waals surface area (Å²) in [6, 6.07) is 19.8. The van der Waals surface area contributed by atoms with Gasteiger partial charge in [-0.1, -0.05) is 79.5 Å². The van der Waals surface area contributed by atoms with E-state index in [1.165, 1.54) is 4.90 Å². The zero-order valence-corrected chi connectivity index (χ0v) is 26.0. The summed E-state index contributed by atoms with van der Waals surface area (Å²) in [5.41, 5.74) is 2.14. The number of hydrogen-bond acceptors (Lipinski definition) is 3. The van der Waals surface area contributed by atoms with Crippen molar-refractivity contribution in [1.29, 1.82) is 0 Å². The first-order valence-electron chi connectivity index (χ1n) is 12.9. The molecule has 0 aromatic heterocycles. The summed E-state index contributed by atoms with van der Waals surface area (Å²) in [5.74, 6) is 0.260. The van der Waals surface area contributed by atoms with Gasteiger partial charge in [0.1, 0.15) is 11.8 Å². The average Bonchev–Trinajstić information content (AvgIpc) is 2.86. The Balaban J connectivity index is 1.98. The van der Waals surface area contributed by atoms with Gasteiger partial charge in [0.15, 0.2) is 6.61 Å². The quantitative estimate of drug-likeness (QED) is 0.248. The number of benzene rings is 3. The van der Waals surface area contributed by atoms with Crippen LogP contribution >= 0.6 is 39.1 Å². The molecule has 3 rings (SSSR count). The van der Waals surface area contributed by atoms with Crippen LogP contribution in [-0.2, 0) is 22.6 Å². The van der Waals surface area contributed by atoms with Gasteiger partial charge in [-0.15, -0.1) is 0 Å². The Kier molecular flexibility index (Phi) is 10.9. The van der Waals surface area contributed by atoms with Crippen LogP contribution in [0.25, 0.3) is 0 Å². The molecule has 0 unspecified atom stereocenters. The zero-order valence-electron chi connectivity index (χ0n) is 22.9. The Bertz CT molecular complexity index is 1270. The molecule has 0 radical (unpaired) electrons. The highest BCUT2D eigenvalue weighted by Gasteiger charge is 2.33. The van der Waals surface area contributed by atoms with Gasteiger partial charge in [0.2, 0.25) is 5.91 Å². The first kappa shape index (κ1) is 31.0. The van der Waals surface area contributed by atoms with Crippen molar-refractivity contribution in [3.05, 3.63) is 97.9 Å². The van der Waals surface area contributed by atoms with Crippen LogP contribution in [0.3, 0.4) is 0 Å². The molecule has 0 fully saturated rings. The highest BCUT2D eigenvalue weighted by atomic mass is 79.9. The van der Waals surface area contributed by atoms with Crippen molar-refractivity contribution in [2.75, 3.05) is 6.61 Å². The normalized spacial score (nSPS) is 12.2. The van der Waals surface area contributed by atoms with Crippen LogP contribution in [-0.4, -0.2) is 34.9 Å².